The van der Waals surface area contributed by atoms with Crippen molar-refractivity contribution >= 4 is 94.6 Å². The van der Waals surface area contributed by atoms with E-state index in [1.54, 1.807) is 0 Å². The number of benzene rings is 7. The zero-order valence-electron chi connectivity index (χ0n) is 40.4. The van der Waals surface area contributed by atoms with Crippen LogP contribution >= 0.6 is 0 Å². The molecular formula is C60H66O3Si3. The lowest BCUT2D eigenvalue weighted by molar-refractivity contribution is 0.489. The van der Waals surface area contributed by atoms with Gasteiger partial charge in [-0.05, 0) is 61.9 Å². The second kappa shape index (κ2) is 19.0. The van der Waals surface area contributed by atoms with Crippen molar-refractivity contribution in [2.75, 3.05) is 0 Å². The SMILES string of the molecule is C=c1c(=CO[Si](c2ccccc2)(c2ccccc2)C(C)(C)C)c(=C)c(=CO[Si](c2ccccc2)(c2ccccc2)C(C)(C)C)c(=C)c1=CO[Si](c1ccccc1)(c1ccccc1)C(C)(C)C. The molecular weight excluding hydrogens is 853 g/mol. The number of rotatable bonds is 12. The van der Waals surface area contributed by atoms with Gasteiger partial charge in [0.2, 0.25) is 0 Å². The first-order chi connectivity index (χ1) is 31.4. The highest BCUT2D eigenvalue weighted by atomic mass is 28.4. The van der Waals surface area contributed by atoms with Gasteiger partial charge in [0.1, 0.15) is 0 Å². The standard InChI is InChI=1S/C60H66O3Si3/c1-46-55(43-61-64(58(4,5)6,49-31-19-13-20-32-49)50-33-21-14-22-34-50)47(2)57(45-63-66(60(10,11)12,53-39-27-17-28-40-53)54-41-29-18-30-42-54)48(3)56(46)44-62-65(59(7,8)9,51-35-23-15-24-36-51)52-37-25-16-26-38-52/h13-45H,1-3H2,4-12H3. The van der Waals surface area contributed by atoms with E-state index in [9.17, 15) is 0 Å². The quantitative estimate of drug-likeness (QED) is 0.126. The molecule has 6 heteroatoms. The molecule has 0 atom stereocenters. The normalized spacial score (nSPS) is 12.5. The Hall–Kier alpha value is -6.19. The fourth-order valence-corrected chi connectivity index (χ4v) is 22.9. The minimum atomic E-state index is -3.05. The van der Waals surface area contributed by atoms with Gasteiger partial charge < -0.3 is 13.3 Å². The highest BCUT2D eigenvalue weighted by molar-refractivity contribution is 7.01. The lowest BCUT2D eigenvalue weighted by Crippen LogP contribution is -2.69. The van der Waals surface area contributed by atoms with Gasteiger partial charge >= 0.3 is 25.0 Å². The monoisotopic (exact) mass is 918 g/mol. The maximum absolute atomic E-state index is 7.56. The highest BCUT2D eigenvalue weighted by Gasteiger charge is 2.53. The van der Waals surface area contributed by atoms with Crippen molar-refractivity contribution in [1.29, 1.82) is 0 Å². The Morgan fingerprint density at radius 2 is 0.439 bits per heavy atom. The Balaban J connectivity index is 1.59. The first kappa shape index (κ1) is 47.8. The zero-order valence-corrected chi connectivity index (χ0v) is 43.4. The third kappa shape index (κ3) is 8.66. The van der Waals surface area contributed by atoms with Crippen LogP contribution in [0.5, 0.6) is 0 Å². The molecule has 0 saturated heterocycles. The summed E-state index contributed by atoms with van der Waals surface area (Å²) in [7, 11) is -9.14. The van der Waals surface area contributed by atoms with Crippen LogP contribution in [0.25, 0.3) is 38.5 Å². The molecule has 0 aliphatic rings. The van der Waals surface area contributed by atoms with Crippen LogP contribution in [-0.4, -0.2) is 25.0 Å². The molecule has 7 rings (SSSR count). The van der Waals surface area contributed by atoms with Gasteiger partial charge in [-0.25, -0.2) is 0 Å². The predicted molar refractivity (Wildman–Crippen MR) is 290 cm³/mol. The third-order valence-electron chi connectivity index (χ3n) is 13.3. The molecule has 0 radical (unpaired) electrons. The summed E-state index contributed by atoms with van der Waals surface area (Å²) in [6, 6.07) is 64.2. The third-order valence-corrected chi connectivity index (χ3v) is 27.9. The Bertz CT molecular complexity index is 2590. The summed E-state index contributed by atoms with van der Waals surface area (Å²) in [5, 5.41) is 10.7. The van der Waals surface area contributed by atoms with E-state index in [1.807, 2.05) is 18.8 Å². The molecule has 336 valence electrons. The van der Waals surface area contributed by atoms with E-state index in [0.717, 1.165) is 31.3 Å². The maximum atomic E-state index is 7.56. The van der Waals surface area contributed by atoms with Crippen LogP contribution in [-0.2, 0) is 13.3 Å². The summed E-state index contributed by atoms with van der Waals surface area (Å²) >= 11 is 0. The van der Waals surface area contributed by atoms with Gasteiger partial charge in [-0.15, -0.1) is 0 Å². The molecule has 3 nitrogen and oxygen atoms in total. The summed E-state index contributed by atoms with van der Waals surface area (Å²) in [5.41, 5.74) is 0. The lowest BCUT2D eigenvalue weighted by Gasteiger charge is -2.42. The van der Waals surface area contributed by atoms with E-state index in [-0.39, 0.29) is 15.1 Å². The van der Waals surface area contributed by atoms with Crippen LogP contribution in [0.3, 0.4) is 0 Å². The summed E-state index contributed by atoms with van der Waals surface area (Å²) in [4.78, 5) is 0. The number of hydrogen-bond donors (Lipinski definition) is 0. The van der Waals surface area contributed by atoms with Crippen molar-refractivity contribution in [1.82, 2.24) is 0 Å². The van der Waals surface area contributed by atoms with Crippen LogP contribution in [0.1, 0.15) is 62.3 Å². The summed E-state index contributed by atoms with van der Waals surface area (Å²) in [5.74, 6) is 0. The molecule has 0 fully saturated rings. The molecule has 0 N–H and O–H groups in total. The Labute approximate surface area is 396 Å². The van der Waals surface area contributed by atoms with E-state index in [4.69, 9.17) is 33.0 Å². The molecule has 0 aromatic heterocycles. The molecule has 0 unspecified atom stereocenters. The molecule has 0 heterocycles. The molecule has 66 heavy (non-hydrogen) atoms. The minimum Gasteiger partial charge on any atom is -0.539 e. The van der Waals surface area contributed by atoms with E-state index >= 15 is 0 Å². The average Bonchev–Trinajstić information content (AvgIpc) is 3.30. The molecule has 0 bridgehead atoms. The van der Waals surface area contributed by atoms with Gasteiger partial charge in [0.15, 0.2) is 0 Å². The van der Waals surface area contributed by atoms with E-state index < -0.39 is 25.0 Å². The van der Waals surface area contributed by atoms with Crippen LogP contribution in [0.4, 0.5) is 0 Å². The van der Waals surface area contributed by atoms with Crippen LogP contribution < -0.4 is 62.4 Å². The fraction of sp³-hybridized carbons (Fsp3) is 0.200. The van der Waals surface area contributed by atoms with Gasteiger partial charge in [0, 0.05) is 15.7 Å². The second-order valence-corrected chi connectivity index (χ2v) is 33.1. The smallest absolute Gasteiger partial charge is 0.319 e. The van der Waals surface area contributed by atoms with E-state index in [0.29, 0.717) is 0 Å². The summed E-state index contributed by atoms with van der Waals surface area (Å²) < 4.78 is 22.7. The van der Waals surface area contributed by atoms with Gasteiger partial charge in [-0.1, -0.05) is 264 Å². The van der Waals surface area contributed by atoms with Crippen LogP contribution in [0.15, 0.2) is 182 Å². The van der Waals surface area contributed by atoms with Gasteiger partial charge in [0.25, 0.3) is 0 Å². The summed E-state index contributed by atoms with van der Waals surface area (Å²) in [6.45, 7) is 35.1. The van der Waals surface area contributed by atoms with Gasteiger partial charge in [0.05, 0.1) is 18.8 Å². The molecule has 0 spiro atoms. The lowest BCUT2D eigenvalue weighted by atomic mass is 10.1. The zero-order chi connectivity index (χ0) is 47.4. The van der Waals surface area contributed by atoms with Crippen LogP contribution in [0.2, 0.25) is 15.1 Å². The van der Waals surface area contributed by atoms with E-state index in [1.165, 1.54) is 31.1 Å². The topological polar surface area (TPSA) is 27.7 Å². The minimum absolute atomic E-state index is 0.274. The maximum Gasteiger partial charge on any atom is 0.319 e. The molecule has 0 saturated carbocycles. The molecule has 0 amide bonds. The Morgan fingerprint density at radius 3 is 0.576 bits per heavy atom. The largest absolute Gasteiger partial charge is 0.539 e. The molecule has 0 aliphatic heterocycles. The highest BCUT2D eigenvalue weighted by Crippen LogP contribution is 2.39. The van der Waals surface area contributed by atoms with Crippen molar-refractivity contribution in [3.8, 4) is 0 Å². The Morgan fingerprint density at radius 1 is 0.288 bits per heavy atom. The number of hydrogen-bond acceptors (Lipinski definition) is 3. The molecule has 0 aliphatic carbocycles. The van der Waals surface area contributed by atoms with Gasteiger partial charge in [-0.3, -0.25) is 0 Å². The van der Waals surface area contributed by atoms with Crippen LogP contribution in [0, 0.1) is 0 Å². The van der Waals surface area contributed by atoms with Crippen molar-refractivity contribution in [3.05, 3.63) is 213 Å². The van der Waals surface area contributed by atoms with Crippen molar-refractivity contribution < 1.29 is 13.3 Å². The fourth-order valence-electron chi connectivity index (χ4n) is 9.92. The van der Waals surface area contributed by atoms with Gasteiger partial charge in [-0.2, -0.15) is 0 Å². The summed E-state index contributed by atoms with van der Waals surface area (Å²) in [6.07, 6.45) is 5.80. The van der Waals surface area contributed by atoms with E-state index in [2.05, 4.69) is 244 Å². The van der Waals surface area contributed by atoms with Crippen molar-refractivity contribution in [3.63, 3.8) is 0 Å². The average molecular weight is 919 g/mol. The Kier molecular flexibility index (Phi) is 13.7. The first-order valence-corrected chi connectivity index (χ1v) is 28.7. The predicted octanol–water partition coefficient (Wildman–Crippen LogP) is 6.86. The molecule has 7 aromatic carbocycles. The van der Waals surface area contributed by atoms with Crippen molar-refractivity contribution in [2.24, 2.45) is 0 Å². The molecule has 7 aromatic rings. The second-order valence-electron chi connectivity index (χ2n) is 20.4. The van der Waals surface area contributed by atoms with Crippen molar-refractivity contribution in [2.45, 2.75) is 77.4 Å². The first-order valence-electron chi connectivity index (χ1n) is 23.0.